The zero-order valence-corrected chi connectivity index (χ0v) is 7.76. The van der Waals surface area contributed by atoms with Crippen molar-refractivity contribution in [3.63, 3.8) is 0 Å². The lowest BCUT2D eigenvalue weighted by Gasteiger charge is -2.36. The summed E-state index contributed by atoms with van der Waals surface area (Å²) in [7, 11) is 0. The van der Waals surface area contributed by atoms with Crippen LogP contribution in [0.2, 0.25) is 0 Å². The summed E-state index contributed by atoms with van der Waals surface area (Å²) in [6.45, 7) is 4.31. The van der Waals surface area contributed by atoms with Crippen molar-refractivity contribution in [3.8, 4) is 6.07 Å². The van der Waals surface area contributed by atoms with Gasteiger partial charge in [0, 0.05) is 19.3 Å². The van der Waals surface area contributed by atoms with E-state index in [0.717, 1.165) is 6.42 Å². The van der Waals surface area contributed by atoms with Crippen LogP contribution in [0.15, 0.2) is 0 Å². The Morgan fingerprint density at radius 1 is 1.67 bits per heavy atom. The van der Waals surface area contributed by atoms with Crippen LogP contribution in [0.1, 0.15) is 39.5 Å². The number of hydrogen-bond acceptors (Lipinski definition) is 2. The molecular formula is C10H15NO. The molecule has 1 saturated carbocycles. The van der Waals surface area contributed by atoms with Gasteiger partial charge in [-0.05, 0) is 17.8 Å². The minimum absolute atomic E-state index is 0.184. The van der Waals surface area contributed by atoms with Gasteiger partial charge in [0.2, 0.25) is 0 Å². The van der Waals surface area contributed by atoms with Crippen LogP contribution in [0.3, 0.4) is 0 Å². The minimum Gasteiger partial charge on any atom is -0.300 e. The third-order valence-electron chi connectivity index (χ3n) is 2.97. The van der Waals surface area contributed by atoms with Crippen LogP contribution in [0.5, 0.6) is 0 Å². The number of hydrogen-bond donors (Lipinski definition) is 0. The fraction of sp³-hybridized carbons (Fsp3) is 0.800. The molecule has 0 amide bonds. The van der Waals surface area contributed by atoms with Gasteiger partial charge in [0.25, 0.3) is 0 Å². The summed E-state index contributed by atoms with van der Waals surface area (Å²) in [5.41, 5.74) is 0.184. The van der Waals surface area contributed by atoms with Crippen LogP contribution in [0, 0.1) is 22.7 Å². The Bertz CT molecular complexity index is 224. The highest BCUT2D eigenvalue weighted by Crippen LogP contribution is 2.40. The van der Waals surface area contributed by atoms with E-state index in [1.165, 1.54) is 0 Å². The molecule has 0 spiro atoms. The summed E-state index contributed by atoms with van der Waals surface area (Å²) in [6.07, 6.45) is 2.78. The predicted octanol–water partition coefficient (Wildman–Crippen LogP) is 2.30. The first-order valence-corrected chi connectivity index (χ1v) is 4.45. The van der Waals surface area contributed by atoms with Crippen LogP contribution < -0.4 is 0 Å². The first-order valence-electron chi connectivity index (χ1n) is 4.45. The van der Waals surface area contributed by atoms with Gasteiger partial charge in [0.15, 0.2) is 0 Å². The molecular weight excluding hydrogens is 150 g/mol. The zero-order chi connectivity index (χ0) is 9.19. The van der Waals surface area contributed by atoms with Crippen LogP contribution in [0.25, 0.3) is 0 Å². The number of ketones is 1. The van der Waals surface area contributed by atoms with Gasteiger partial charge in [0.1, 0.15) is 5.78 Å². The van der Waals surface area contributed by atoms with Crippen molar-refractivity contribution in [1.29, 1.82) is 5.26 Å². The molecule has 1 rings (SSSR count). The van der Waals surface area contributed by atoms with Crippen LogP contribution >= 0.6 is 0 Å². The Kier molecular flexibility index (Phi) is 2.52. The molecule has 12 heavy (non-hydrogen) atoms. The van der Waals surface area contributed by atoms with E-state index in [4.69, 9.17) is 5.26 Å². The van der Waals surface area contributed by atoms with E-state index in [2.05, 4.69) is 19.9 Å². The van der Waals surface area contributed by atoms with E-state index in [9.17, 15) is 4.79 Å². The normalized spacial score (nSPS) is 28.1. The Labute approximate surface area is 73.6 Å². The fourth-order valence-corrected chi connectivity index (χ4v) is 1.78. The van der Waals surface area contributed by atoms with E-state index in [1.54, 1.807) is 0 Å². The van der Waals surface area contributed by atoms with Crippen LogP contribution in [0.4, 0.5) is 0 Å². The smallest absolute Gasteiger partial charge is 0.133 e. The average Bonchev–Trinajstić information content (AvgIpc) is 1.98. The van der Waals surface area contributed by atoms with Crippen LogP contribution in [-0.2, 0) is 4.79 Å². The van der Waals surface area contributed by atoms with E-state index in [-0.39, 0.29) is 11.3 Å². The second-order valence-electron chi connectivity index (χ2n) is 4.29. The Balaban J connectivity index is 2.66. The summed E-state index contributed by atoms with van der Waals surface area (Å²) in [4.78, 5) is 11.1. The standard InChI is InChI=1S/C10H15NO/c1-10(2)5-3-9(12)7-8(10)4-6-11/h8H,3-5,7H2,1-2H3. The molecule has 0 heterocycles. The summed E-state index contributed by atoms with van der Waals surface area (Å²) in [6, 6.07) is 2.16. The lowest BCUT2D eigenvalue weighted by atomic mass is 9.67. The predicted molar refractivity (Wildman–Crippen MR) is 46.4 cm³/mol. The molecule has 0 aromatic carbocycles. The lowest BCUT2D eigenvalue weighted by Crippen LogP contribution is -2.31. The molecule has 0 bridgehead atoms. The van der Waals surface area contributed by atoms with Crippen molar-refractivity contribution in [2.24, 2.45) is 11.3 Å². The number of carbonyl (C=O) groups excluding carboxylic acids is 1. The molecule has 1 aliphatic carbocycles. The quantitative estimate of drug-likeness (QED) is 0.598. The molecule has 2 nitrogen and oxygen atoms in total. The molecule has 1 atom stereocenters. The van der Waals surface area contributed by atoms with E-state index < -0.39 is 0 Å². The van der Waals surface area contributed by atoms with Crippen LogP contribution in [-0.4, -0.2) is 5.78 Å². The number of rotatable bonds is 1. The van der Waals surface area contributed by atoms with Gasteiger partial charge in [-0.2, -0.15) is 5.26 Å². The van der Waals surface area contributed by atoms with Crippen molar-refractivity contribution in [1.82, 2.24) is 0 Å². The van der Waals surface area contributed by atoms with Crippen molar-refractivity contribution < 1.29 is 4.79 Å². The Morgan fingerprint density at radius 3 is 2.92 bits per heavy atom. The molecule has 1 unspecified atom stereocenters. The summed E-state index contributed by atoms with van der Waals surface area (Å²) >= 11 is 0. The van der Waals surface area contributed by atoms with Crippen molar-refractivity contribution in [2.45, 2.75) is 39.5 Å². The van der Waals surface area contributed by atoms with Gasteiger partial charge in [-0.15, -0.1) is 0 Å². The minimum atomic E-state index is 0.184. The summed E-state index contributed by atoms with van der Waals surface area (Å²) in [5.74, 6) is 0.610. The lowest BCUT2D eigenvalue weighted by molar-refractivity contribution is -0.124. The van der Waals surface area contributed by atoms with Gasteiger partial charge in [-0.25, -0.2) is 0 Å². The van der Waals surface area contributed by atoms with E-state index in [1.807, 2.05) is 0 Å². The summed E-state index contributed by atoms with van der Waals surface area (Å²) < 4.78 is 0. The third kappa shape index (κ3) is 1.85. The second kappa shape index (κ2) is 3.26. The molecule has 0 N–H and O–H groups in total. The maximum absolute atomic E-state index is 11.1. The molecule has 0 aromatic heterocycles. The monoisotopic (exact) mass is 165 g/mol. The Morgan fingerprint density at radius 2 is 2.33 bits per heavy atom. The van der Waals surface area contributed by atoms with Gasteiger partial charge in [0.05, 0.1) is 6.07 Å². The highest BCUT2D eigenvalue weighted by atomic mass is 16.1. The molecule has 0 saturated heterocycles. The van der Waals surface area contributed by atoms with Crippen molar-refractivity contribution >= 4 is 5.78 Å². The Hall–Kier alpha value is -0.840. The molecule has 0 radical (unpaired) electrons. The summed E-state index contributed by atoms with van der Waals surface area (Å²) in [5, 5.41) is 8.58. The van der Waals surface area contributed by atoms with E-state index in [0.29, 0.717) is 25.0 Å². The number of carbonyl (C=O) groups is 1. The molecule has 1 fully saturated rings. The number of nitrogens with zero attached hydrogens (tertiary/aromatic N) is 1. The third-order valence-corrected chi connectivity index (χ3v) is 2.97. The largest absolute Gasteiger partial charge is 0.300 e. The first-order chi connectivity index (χ1) is 5.56. The highest BCUT2D eigenvalue weighted by molar-refractivity contribution is 5.79. The molecule has 66 valence electrons. The van der Waals surface area contributed by atoms with Crippen molar-refractivity contribution in [2.75, 3.05) is 0 Å². The fourth-order valence-electron chi connectivity index (χ4n) is 1.78. The maximum atomic E-state index is 11.1. The van der Waals surface area contributed by atoms with Gasteiger partial charge >= 0.3 is 0 Å². The average molecular weight is 165 g/mol. The maximum Gasteiger partial charge on any atom is 0.133 e. The molecule has 0 aliphatic heterocycles. The van der Waals surface area contributed by atoms with E-state index >= 15 is 0 Å². The van der Waals surface area contributed by atoms with Gasteiger partial charge < -0.3 is 0 Å². The van der Waals surface area contributed by atoms with Gasteiger partial charge in [-0.1, -0.05) is 13.8 Å². The van der Waals surface area contributed by atoms with Gasteiger partial charge in [-0.3, -0.25) is 4.79 Å². The SMILES string of the molecule is CC1(C)CCC(=O)CC1CC#N. The topological polar surface area (TPSA) is 40.9 Å². The molecule has 1 aliphatic rings. The van der Waals surface area contributed by atoms with Crippen molar-refractivity contribution in [3.05, 3.63) is 0 Å². The first kappa shape index (κ1) is 9.25. The number of Topliss-reactive ketones (excluding diaryl/α,β-unsaturated/α-hetero) is 1. The zero-order valence-electron chi connectivity index (χ0n) is 7.76. The molecule has 0 aromatic rings. The highest BCUT2D eigenvalue weighted by Gasteiger charge is 2.35. The second-order valence-corrected chi connectivity index (χ2v) is 4.29. The molecule has 2 heteroatoms. The number of nitriles is 1.